The second-order valence-corrected chi connectivity index (χ2v) is 5.74. The number of fused-ring (bicyclic) bond motifs is 2. The van der Waals surface area contributed by atoms with E-state index in [0.717, 1.165) is 27.7 Å². The molecule has 4 aromatic heterocycles. The predicted molar refractivity (Wildman–Crippen MR) is 91.1 cm³/mol. The van der Waals surface area contributed by atoms with E-state index in [1.807, 2.05) is 36.5 Å². The lowest BCUT2D eigenvalue weighted by molar-refractivity contribution is 0.386. The molecule has 8 nitrogen and oxygen atoms in total. The molecule has 5 aromatic rings. The molecule has 0 aliphatic rings. The Balaban J connectivity index is 1.48. The third-order valence-electron chi connectivity index (χ3n) is 4.12. The number of nitrogens with one attached hydrogen (secondary N) is 3. The average molecular weight is 332 g/mol. The van der Waals surface area contributed by atoms with Gasteiger partial charge in [0, 0.05) is 23.3 Å². The third kappa shape index (κ3) is 2.31. The number of rotatable bonds is 3. The predicted octanol–water partition coefficient (Wildman–Crippen LogP) is 2.37. The minimum Gasteiger partial charge on any atom is -0.346 e. The number of aromatic amines is 3. The van der Waals surface area contributed by atoms with Gasteiger partial charge in [-0.1, -0.05) is 5.16 Å². The summed E-state index contributed by atoms with van der Waals surface area (Å²) in [5.41, 5.74) is 3.86. The van der Waals surface area contributed by atoms with Gasteiger partial charge in [-0.05, 0) is 35.9 Å². The summed E-state index contributed by atoms with van der Waals surface area (Å²) in [5, 5.41) is 5.08. The minimum absolute atomic E-state index is 0.242. The molecular weight excluding hydrogens is 320 g/mol. The summed E-state index contributed by atoms with van der Waals surface area (Å²) in [6.45, 7) is 0. The van der Waals surface area contributed by atoms with Gasteiger partial charge in [-0.25, -0.2) is 9.78 Å². The Morgan fingerprint density at radius 3 is 3.00 bits per heavy atom. The maximum absolute atomic E-state index is 11.4. The average Bonchev–Trinajstić information content (AvgIpc) is 3.33. The van der Waals surface area contributed by atoms with E-state index in [4.69, 9.17) is 4.52 Å². The van der Waals surface area contributed by atoms with Crippen molar-refractivity contribution in [2.24, 2.45) is 0 Å². The van der Waals surface area contributed by atoms with Crippen LogP contribution >= 0.6 is 0 Å². The van der Waals surface area contributed by atoms with Crippen LogP contribution in [0.15, 0.2) is 52.0 Å². The Labute approximate surface area is 139 Å². The maximum Gasteiger partial charge on any atom is 0.323 e. The fraction of sp³-hybridized carbons (Fsp3) is 0.0588. The number of imidazole rings is 1. The molecule has 8 heteroatoms. The molecule has 0 saturated heterocycles. The Morgan fingerprint density at radius 2 is 2.04 bits per heavy atom. The van der Waals surface area contributed by atoms with Gasteiger partial charge in [0.15, 0.2) is 0 Å². The summed E-state index contributed by atoms with van der Waals surface area (Å²) in [7, 11) is 0. The number of H-pyrrole nitrogens is 3. The fourth-order valence-electron chi connectivity index (χ4n) is 2.94. The first-order valence-corrected chi connectivity index (χ1v) is 7.72. The zero-order valence-corrected chi connectivity index (χ0v) is 12.9. The molecule has 0 unspecified atom stereocenters. The lowest BCUT2D eigenvalue weighted by Gasteiger charge is -1.94. The van der Waals surface area contributed by atoms with Gasteiger partial charge >= 0.3 is 5.69 Å². The van der Waals surface area contributed by atoms with Crippen molar-refractivity contribution in [3.05, 3.63) is 64.7 Å². The van der Waals surface area contributed by atoms with Crippen LogP contribution < -0.4 is 5.69 Å². The largest absolute Gasteiger partial charge is 0.346 e. The summed E-state index contributed by atoms with van der Waals surface area (Å²) in [6, 6.07) is 9.37. The molecule has 0 aliphatic heterocycles. The highest BCUT2D eigenvalue weighted by molar-refractivity contribution is 5.80. The fourth-order valence-corrected chi connectivity index (χ4v) is 2.94. The van der Waals surface area contributed by atoms with Crippen molar-refractivity contribution < 1.29 is 4.52 Å². The summed E-state index contributed by atoms with van der Waals surface area (Å²) in [6.07, 6.45) is 4.16. The third-order valence-corrected chi connectivity index (χ3v) is 4.12. The van der Waals surface area contributed by atoms with Crippen LogP contribution in [0.3, 0.4) is 0 Å². The first-order chi connectivity index (χ1) is 12.3. The van der Waals surface area contributed by atoms with Crippen LogP contribution in [0.25, 0.3) is 33.5 Å². The zero-order chi connectivity index (χ0) is 16.8. The van der Waals surface area contributed by atoms with Crippen LogP contribution in [-0.4, -0.2) is 30.1 Å². The van der Waals surface area contributed by atoms with Crippen LogP contribution in [0.1, 0.15) is 11.5 Å². The lowest BCUT2D eigenvalue weighted by atomic mass is 10.1. The highest BCUT2D eigenvalue weighted by Crippen LogP contribution is 2.22. The van der Waals surface area contributed by atoms with Gasteiger partial charge in [0.2, 0.25) is 11.7 Å². The van der Waals surface area contributed by atoms with E-state index in [1.54, 1.807) is 6.20 Å². The quantitative estimate of drug-likeness (QED) is 0.469. The maximum atomic E-state index is 11.4. The van der Waals surface area contributed by atoms with Gasteiger partial charge in [-0.3, -0.25) is 0 Å². The molecule has 0 spiro atoms. The van der Waals surface area contributed by atoms with E-state index in [0.29, 0.717) is 23.7 Å². The molecule has 0 bridgehead atoms. The van der Waals surface area contributed by atoms with Gasteiger partial charge in [-0.15, -0.1) is 0 Å². The van der Waals surface area contributed by atoms with Gasteiger partial charge in [-0.2, -0.15) is 4.98 Å². The molecule has 0 atom stereocenters. The van der Waals surface area contributed by atoms with Crippen molar-refractivity contribution in [2.45, 2.75) is 6.42 Å². The van der Waals surface area contributed by atoms with Crippen LogP contribution in [0.5, 0.6) is 0 Å². The number of benzene rings is 1. The van der Waals surface area contributed by atoms with Crippen molar-refractivity contribution in [2.75, 3.05) is 0 Å². The van der Waals surface area contributed by atoms with Gasteiger partial charge in [0.25, 0.3) is 0 Å². The Hall–Kier alpha value is -3.68. The number of hydrogen-bond acceptors (Lipinski definition) is 5. The summed E-state index contributed by atoms with van der Waals surface area (Å²) >= 11 is 0. The van der Waals surface area contributed by atoms with Crippen LogP contribution in [0.4, 0.5) is 0 Å². The topological polar surface area (TPSA) is 116 Å². The number of aromatic nitrogens is 6. The molecule has 0 fully saturated rings. The summed E-state index contributed by atoms with van der Waals surface area (Å²) in [5.74, 6) is 0.999. The first kappa shape index (κ1) is 13.7. The smallest absolute Gasteiger partial charge is 0.323 e. The number of pyridine rings is 1. The van der Waals surface area contributed by atoms with Crippen LogP contribution in [0, 0.1) is 0 Å². The Bertz CT molecular complexity index is 1260. The van der Waals surface area contributed by atoms with E-state index in [-0.39, 0.29) is 5.69 Å². The van der Waals surface area contributed by atoms with E-state index < -0.39 is 0 Å². The highest BCUT2D eigenvalue weighted by Gasteiger charge is 2.13. The standard InChI is InChI=1S/C17H12N6O2/c24-17-20-12-4-3-9(6-13(12)21-17)15-22-14(25-23-15)7-10-8-19-16-11(10)2-1-5-18-16/h1-6,8H,7H2,(H,18,19)(H2,20,21,24). The SMILES string of the molecule is O=c1[nH]c2ccc(-c3noc(Cc4c[nH]c5ncccc45)n3)cc2[nH]1. The normalized spacial score (nSPS) is 11.5. The molecule has 0 aliphatic carbocycles. The molecule has 1 aromatic carbocycles. The number of hydrogen-bond donors (Lipinski definition) is 3. The molecule has 3 N–H and O–H groups in total. The van der Waals surface area contributed by atoms with Gasteiger partial charge in [0.05, 0.1) is 17.5 Å². The Morgan fingerprint density at radius 1 is 1.12 bits per heavy atom. The van der Waals surface area contributed by atoms with Gasteiger partial charge < -0.3 is 19.5 Å². The molecule has 122 valence electrons. The van der Waals surface area contributed by atoms with Crippen molar-refractivity contribution in [3.8, 4) is 11.4 Å². The van der Waals surface area contributed by atoms with Crippen molar-refractivity contribution in [3.63, 3.8) is 0 Å². The van der Waals surface area contributed by atoms with Crippen molar-refractivity contribution in [1.29, 1.82) is 0 Å². The monoisotopic (exact) mass is 332 g/mol. The molecule has 0 amide bonds. The Kier molecular flexibility index (Phi) is 2.84. The zero-order valence-electron chi connectivity index (χ0n) is 12.9. The van der Waals surface area contributed by atoms with Gasteiger partial charge in [0.1, 0.15) is 5.65 Å². The molecular formula is C17H12N6O2. The highest BCUT2D eigenvalue weighted by atomic mass is 16.5. The summed E-state index contributed by atoms with van der Waals surface area (Å²) in [4.78, 5) is 28.7. The van der Waals surface area contributed by atoms with Crippen LogP contribution in [0.2, 0.25) is 0 Å². The van der Waals surface area contributed by atoms with E-state index >= 15 is 0 Å². The molecule has 4 heterocycles. The second-order valence-electron chi connectivity index (χ2n) is 5.74. The molecule has 0 saturated carbocycles. The minimum atomic E-state index is -0.242. The first-order valence-electron chi connectivity index (χ1n) is 7.72. The number of nitrogens with zero attached hydrogens (tertiary/aromatic N) is 3. The molecule has 5 rings (SSSR count). The van der Waals surface area contributed by atoms with Crippen molar-refractivity contribution in [1.82, 2.24) is 30.1 Å². The molecule has 25 heavy (non-hydrogen) atoms. The second kappa shape index (κ2) is 5.17. The lowest BCUT2D eigenvalue weighted by Crippen LogP contribution is -1.99. The van der Waals surface area contributed by atoms with E-state index in [1.165, 1.54) is 0 Å². The van der Waals surface area contributed by atoms with E-state index in [2.05, 4.69) is 30.1 Å². The van der Waals surface area contributed by atoms with Crippen molar-refractivity contribution >= 4 is 22.1 Å². The summed E-state index contributed by atoms with van der Waals surface area (Å²) < 4.78 is 5.38. The van der Waals surface area contributed by atoms with Crippen LogP contribution in [-0.2, 0) is 6.42 Å². The van der Waals surface area contributed by atoms with E-state index in [9.17, 15) is 4.79 Å². The molecule has 0 radical (unpaired) electrons.